The molecule has 1 aromatic heterocycles. The number of aromatic nitrogens is 1. The lowest BCUT2D eigenvalue weighted by Crippen LogP contribution is -2.47. The molecule has 0 aliphatic carbocycles. The third kappa shape index (κ3) is 3.41. The van der Waals surface area contributed by atoms with Gasteiger partial charge in [0.05, 0.1) is 5.01 Å². The molecule has 1 unspecified atom stereocenters. The maximum atomic E-state index is 12.1. The molecule has 0 saturated carbocycles. The zero-order valence-electron chi connectivity index (χ0n) is 10.7. The third-order valence-corrected chi connectivity index (χ3v) is 3.98. The van der Waals surface area contributed by atoms with Crippen molar-refractivity contribution in [3.63, 3.8) is 0 Å². The highest BCUT2D eigenvalue weighted by molar-refractivity contribution is 7.12. The molecule has 1 atom stereocenters. The minimum Gasteiger partial charge on any atom is -0.480 e. The molecule has 2 heterocycles. The predicted molar refractivity (Wildman–Crippen MR) is 72.9 cm³/mol. The minimum atomic E-state index is -0.921. The molecule has 102 valence electrons. The summed E-state index contributed by atoms with van der Waals surface area (Å²) in [5.74, 6) is -1.16. The van der Waals surface area contributed by atoms with Crippen molar-refractivity contribution in [3.05, 3.63) is 22.2 Å². The van der Waals surface area contributed by atoms with Gasteiger partial charge in [-0.3, -0.25) is 4.79 Å². The fraction of sp³-hybridized carbons (Fsp3) is 0.462. The summed E-state index contributed by atoms with van der Waals surface area (Å²) >= 11 is 1.50. The van der Waals surface area contributed by atoms with Crippen molar-refractivity contribution in [1.29, 1.82) is 0 Å². The minimum absolute atomic E-state index is 0.238. The number of nitrogens with zero attached hydrogens (tertiary/aromatic N) is 2. The Bertz CT molecular complexity index is 510. The lowest BCUT2D eigenvalue weighted by Gasteiger charge is -2.32. The lowest BCUT2D eigenvalue weighted by atomic mass is 10.0. The molecule has 1 aromatic rings. The van der Waals surface area contributed by atoms with Crippen molar-refractivity contribution in [2.45, 2.75) is 32.2 Å². The first-order valence-corrected chi connectivity index (χ1v) is 7.03. The van der Waals surface area contributed by atoms with Gasteiger partial charge < -0.3 is 10.0 Å². The molecule has 1 aliphatic rings. The number of hydrogen-bond donors (Lipinski definition) is 1. The fourth-order valence-electron chi connectivity index (χ4n) is 2.16. The van der Waals surface area contributed by atoms with E-state index < -0.39 is 12.0 Å². The van der Waals surface area contributed by atoms with Crippen molar-refractivity contribution in [2.75, 3.05) is 6.54 Å². The quantitative estimate of drug-likeness (QED) is 0.859. The van der Waals surface area contributed by atoms with Crippen molar-refractivity contribution >= 4 is 29.3 Å². The first-order valence-electron chi connectivity index (χ1n) is 6.22. The summed E-state index contributed by atoms with van der Waals surface area (Å²) in [6.07, 6.45) is 7.10. The molecule has 19 heavy (non-hydrogen) atoms. The summed E-state index contributed by atoms with van der Waals surface area (Å²) in [5, 5.41) is 10.1. The van der Waals surface area contributed by atoms with Crippen molar-refractivity contribution in [2.24, 2.45) is 0 Å². The van der Waals surface area contributed by atoms with Gasteiger partial charge in [-0.05, 0) is 32.3 Å². The van der Waals surface area contributed by atoms with Crippen LogP contribution in [-0.2, 0) is 9.59 Å². The molecule has 1 fully saturated rings. The maximum absolute atomic E-state index is 12.1. The van der Waals surface area contributed by atoms with Gasteiger partial charge >= 0.3 is 5.97 Å². The molecule has 1 aliphatic heterocycles. The Morgan fingerprint density at radius 1 is 1.53 bits per heavy atom. The molecule has 6 heteroatoms. The number of aryl methyl sites for hydroxylation is 1. The zero-order chi connectivity index (χ0) is 13.8. The SMILES string of the molecule is Cc1ncc(C=CC(=O)N2CCCCC2C(=O)O)s1. The molecular weight excluding hydrogens is 264 g/mol. The number of rotatable bonds is 3. The molecule has 0 bridgehead atoms. The van der Waals surface area contributed by atoms with E-state index in [1.165, 1.54) is 22.3 Å². The Hall–Kier alpha value is -1.69. The number of carbonyl (C=O) groups is 2. The molecule has 0 spiro atoms. The normalized spacial score (nSPS) is 19.8. The van der Waals surface area contributed by atoms with Gasteiger partial charge in [-0.25, -0.2) is 9.78 Å². The van der Waals surface area contributed by atoms with Crippen LogP contribution in [-0.4, -0.2) is 39.5 Å². The second-order valence-corrected chi connectivity index (χ2v) is 5.76. The smallest absolute Gasteiger partial charge is 0.326 e. The Kier molecular flexibility index (Phi) is 4.31. The Morgan fingerprint density at radius 2 is 2.32 bits per heavy atom. The number of amides is 1. The highest BCUT2D eigenvalue weighted by Crippen LogP contribution is 2.19. The van der Waals surface area contributed by atoms with Crippen molar-refractivity contribution < 1.29 is 14.7 Å². The molecule has 1 saturated heterocycles. The van der Waals surface area contributed by atoms with Gasteiger partial charge in [0.2, 0.25) is 5.91 Å². The van der Waals surface area contributed by atoms with E-state index in [2.05, 4.69) is 4.98 Å². The molecule has 1 amide bonds. The number of thiazole rings is 1. The maximum Gasteiger partial charge on any atom is 0.326 e. The van der Waals surface area contributed by atoms with Gasteiger partial charge in [0.15, 0.2) is 0 Å². The number of carbonyl (C=O) groups excluding carboxylic acids is 1. The molecular formula is C13H16N2O3S. The van der Waals surface area contributed by atoms with Gasteiger partial charge in [0.25, 0.3) is 0 Å². The molecule has 5 nitrogen and oxygen atoms in total. The van der Waals surface area contributed by atoms with Crippen LogP contribution in [0, 0.1) is 6.92 Å². The predicted octanol–water partition coefficient (Wildman–Crippen LogP) is 1.93. The first-order chi connectivity index (χ1) is 9.08. The van der Waals surface area contributed by atoms with Crippen LogP contribution >= 0.6 is 11.3 Å². The number of piperidine rings is 1. The van der Waals surface area contributed by atoms with E-state index in [1.54, 1.807) is 12.3 Å². The molecule has 2 rings (SSSR count). The highest BCUT2D eigenvalue weighted by Gasteiger charge is 2.30. The van der Waals surface area contributed by atoms with Gasteiger partial charge in [-0.15, -0.1) is 11.3 Å². The largest absolute Gasteiger partial charge is 0.480 e. The second kappa shape index (κ2) is 5.97. The number of carboxylic acids is 1. The van der Waals surface area contributed by atoms with Crippen LogP contribution in [0.1, 0.15) is 29.1 Å². The molecule has 0 radical (unpaired) electrons. The Balaban J connectivity index is 2.05. The third-order valence-electron chi connectivity index (χ3n) is 3.10. The van der Waals surface area contributed by atoms with Gasteiger partial charge in [-0.1, -0.05) is 0 Å². The van der Waals surface area contributed by atoms with Gasteiger partial charge in [0, 0.05) is 23.7 Å². The summed E-state index contributed by atoms with van der Waals surface area (Å²) in [7, 11) is 0. The number of aliphatic carboxylic acids is 1. The van der Waals surface area contributed by atoms with Gasteiger partial charge in [-0.2, -0.15) is 0 Å². The summed E-state index contributed by atoms with van der Waals surface area (Å²) in [6.45, 7) is 2.41. The van der Waals surface area contributed by atoms with E-state index in [-0.39, 0.29) is 5.91 Å². The summed E-state index contributed by atoms with van der Waals surface area (Å²) in [4.78, 5) is 29.6. The Morgan fingerprint density at radius 3 is 2.95 bits per heavy atom. The van der Waals surface area contributed by atoms with Crippen LogP contribution in [0.15, 0.2) is 12.3 Å². The lowest BCUT2D eigenvalue weighted by molar-refractivity contribution is -0.150. The van der Waals surface area contributed by atoms with Crippen LogP contribution < -0.4 is 0 Å². The zero-order valence-corrected chi connectivity index (χ0v) is 11.5. The van der Waals surface area contributed by atoms with E-state index in [4.69, 9.17) is 5.11 Å². The Labute approximate surface area is 115 Å². The molecule has 1 N–H and O–H groups in total. The van der Waals surface area contributed by atoms with Crippen LogP contribution in [0.25, 0.3) is 6.08 Å². The monoisotopic (exact) mass is 280 g/mol. The average molecular weight is 280 g/mol. The second-order valence-electron chi connectivity index (χ2n) is 4.50. The van der Waals surface area contributed by atoms with Crippen molar-refractivity contribution in [1.82, 2.24) is 9.88 Å². The number of hydrogen-bond acceptors (Lipinski definition) is 4. The number of likely N-dealkylation sites (tertiary alicyclic amines) is 1. The van der Waals surface area contributed by atoms with Crippen LogP contribution in [0.2, 0.25) is 0 Å². The van der Waals surface area contributed by atoms with E-state index in [0.29, 0.717) is 13.0 Å². The standard InChI is InChI=1S/C13H16N2O3S/c1-9-14-8-10(19-9)5-6-12(16)15-7-3-2-4-11(15)13(17)18/h5-6,8,11H,2-4,7H2,1H3,(H,17,18). The van der Waals surface area contributed by atoms with Gasteiger partial charge in [0.1, 0.15) is 6.04 Å². The van der Waals surface area contributed by atoms with E-state index in [0.717, 1.165) is 22.7 Å². The average Bonchev–Trinajstić information content (AvgIpc) is 2.81. The first kappa shape index (κ1) is 13.7. The van der Waals surface area contributed by atoms with Crippen LogP contribution in [0.4, 0.5) is 0 Å². The summed E-state index contributed by atoms with van der Waals surface area (Å²) in [5.41, 5.74) is 0. The van der Waals surface area contributed by atoms with E-state index in [9.17, 15) is 9.59 Å². The van der Waals surface area contributed by atoms with Crippen LogP contribution in [0.5, 0.6) is 0 Å². The number of carboxylic acid groups (broad SMARTS) is 1. The topological polar surface area (TPSA) is 70.5 Å². The van der Waals surface area contributed by atoms with E-state index in [1.807, 2.05) is 6.92 Å². The highest BCUT2D eigenvalue weighted by atomic mass is 32.1. The summed E-state index contributed by atoms with van der Waals surface area (Å²) in [6, 6.07) is -0.686. The molecule has 0 aromatic carbocycles. The fourth-order valence-corrected chi connectivity index (χ4v) is 2.84. The van der Waals surface area contributed by atoms with E-state index >= 15 is 0 Å². The van der Waals surface area contributed by atoms with Crippen LogP contribution in [0.3, 0.4) is 0 Å². The summed E-state index contributed by atoms with van der Waals surface area (Å²) < 4.78 is 0. The van der Waals surface area contributed by atoms with Crippen molar-refractivity contribution in [3.8, 4) is 0 Å².